The van der Waals surface area contributed by atoms with Crippen LogP contribution < -0.4 is 9.47 Å². The van der Waals surface area contributed by atoms with E-state index >= 15 is 0 Å². The van der Waals surface area contributed by atoms with Gasteiger partial charge in [0.05, 0.1) is 19.8 Å². The van der Waals surface area contributed by atoms with Crippen molar-refractivity contribution in [3.05, 3.63) is 58.6 Å². The number of carbonyl (C=O) groups excluding carboxylic acids is 1. The van der Waals surface area contributed by atoms with Crippen LogP contribution in [-0.2, 0) is 0 Å². The first-order valence-corrected chi connectivity index (χ1v) is 6.86. The van der Waals surface area contributed by atoms with Crippen molar-refractivity contribution in [3.63, 3.8) is 0 Å². The van der Waals surface area contributed by atoms with Gasteiger partial charge in [0.1, 0.15) is 5.75 Å². The molecule has 2 aromatic rings. The van der Waals surface area contributed by atoms with Gasteiger partial charge < -0.3 is 14.6 Å². The standard InChI is InChI=1S/C17H15ClO4/c1-21-16-9-13(15(20)10-17(16)22-2)14(19)7-6-11-4-3-5-12(18)8-11/h3-10,20H,1-2H3/b7-6+. The summed E-state index contributed by atoms with van der Waals surface area (Å²) in [6.45, 7) is 0. The number of aromatic hydroxyl groups is 1. The van der Waals surface area contributed by atoms with E-state index in [1.54, 1.807) is 24.3 Å². The Balaban J connectivity index is 2.29. The lowest BCUT2D eigenvalue weighted by Crippen LogP contribution is -1.98. The van der Waals surface area contributed by atoms with Crippen molar-refractivity contribution in [2.24, 2.45) is 0 Å². The molecule has 4 nitrogen and oxygen atoms in total. The Morgan fingerprint density at radius 1 is 1.14 bits per heavy atom. The molecule has 0 saturated heterocycles. The summed E-state index contributed by atoms with van der Waals surface area (Å²) in [6, 6.07) is 9.89. The summed E-state index contributed by atoms with van der Waals surface area (Å²) in [6.07, 6.45) is 3.00. The van der Waals surface area contributed by atoms with Crippen molar-refractivity contribution in [3.8, 4) is 17.2 Å². The average Bonchev–Trinajstić information content (AvgIpc) is 2.52. The van der Waals surface area contributed by atoms with E-state index in [2.05, 4.69) is 0 Å². The smallest absolute Gasteiger partial charge is 0.189 e. The SMILES string of the molecule is COc1cc(O)c(C(=O)/C=C/c2cccc(Cl)c2)cc1OC. The Bertz CT molecular complexity index is 723. The highest BCUT2D eigenvalue weighted by Crippen LogP contribution is 2.34. The van der Waals surface area contributed by atoms with Crippen LogP contribution in [0.1, 0.15) is 15.9 Å². The van der Waals surface area contributed by atoms with Gasteiger partial charge in [-0.25, -0.2) is 0 Å². The summed E-state index contributed by atoms with van der Waals surface area (Å²) in [5.41, 5.74) is 0.928. The van der Waals surface area contributed by atoms with E-state index in [1.807, 2.05) is 6.07 Å². The van der Waals surface area contributed by atoms with Crippen molar-refractivity contribution in [2.75, 3.05) is 14.2 Å². The fraction of sp³-hybridized carbons (Fsp3) is 0.118. The molecule has 0 saturated carbocycles. The minimum atomic E-state index is -0.349. The molecule has 0 fully saturated rings. The molecule has 0 amide bonds. The number of benzene rings is 2. The number of rotatable bonds is 5. The molecule has 0 atom stereocenters. The third-order valence-corrected chi connectivity index (χ3v) is 3.28. The van der Waals surface area contributed by atoms with Gasteiger partial charge in [-0.05, 0) is 29.8 Å². The number of hydrogen-bond donors (Lipinski definition) is 1. The maximum Gasteiger partial charge on any atom is 0.189 e. The van der Waals surface area contributed by atoms with Gasteiger partial charge in [-0.1, -0.05) is 29.8 Å². The minimum absolute atomic E-state index is 0.135. The summed E-state index contributed by atoms with van der Waals surface area (Å²) in [4.78, 5) is 12.2. The predicted octanol–water partition coefficient (Wildman–Crippen LogP) is 3.96. The zero-order valence-corrected chi connectivity index (χ0v) is 12.9. The van der Waals surface area contributed by atoms with Crippen LogP contribution in [0.2, 0.25) is 5.02 Å². The van der Waals surface area contributed by atoms with E-state index in [1.165, 1.54) is 32.4 Å². The highest BCUT2D eigenvalue weighted by Gasteiger charge is 2.14. The van der Waals surface area contributed by atoms with Crippen LogP contribution >= 0.6 is 11.6 Å². The van der Waals surface area contributed by atoms with Crippen LogP contribution in [0.15, 0.2) is 42.5 Å². The second-order valence-electron chi connectivity index (χ2n) is 4.48. The zero-order valence-electron chi connectivity index (χ0n) is 12.2. The van der Waals surface area contributed by atoms with Crippen molar-refractivity contribution in [1.82, 2.24) is 0 Å². The normalized spacial score (nSPS) is 10.7. The Kier molecular flexibility index (Phi) is 5.07. The quantitative estimate of drug-likeness (QED) is 0.669. The van der Waals surface area contributed by atoms with Gasteiger partial charge in [0, 0.05) is 11.1 Å². The van der Waals surface area contributed by atoms with E-state index in [4.69, 9.17) is 21.1 Å². The highest BCUT2D eigenvalue weighted by atomic mass is 35.5. The molecule has 5 heteroatoms. The molecular weight excluding hydrogens is 304 g/mol. The molecule has 0 unspecified atom stereocenters. The van der Waals surface area contributed by atoms with Crippen LogP contribution in [0, 0.1) is 0 Å². The molecule has 2 aromatic carbocycles. The fourth-order valence-electron chi connectivity index (χ4n) is 1.94. The minimum Gasteiger partial charge on any atom is -0.507 e. The summed E-state index contributed by atoms with van der Waals surface area (Å²) in [5, 5.41) is 10.5. The molecule has 22 heavy (non-hydrogen) atoms. The summed E-state index contributed by atoms with van der Waals surface area (Å²) in [7, 11) is 2.92. The van der Waals surface area contributed by atoms with E-state index < -0.39 is 0 Å². The van der Waals surface area contributed by atoms with Crippen molar-refractivity contribution in [2.45, 2.75) is 0 Å². The summed E-state index contributed by atoms with van der Waals surface area (Å²) in [5.74, 6) is 0.215. The lowest BCUT2D eigenvalue weighted by Gasteiger charge is -2.10. The molecule has 0 aromatic heterocycles. The maximum atomic E-state index is 12.2. The van der Waals surface area contributed by atoms with Gasteiger partial charge in [0.15, 0.2) is 17.3 Å². The van der Waals surface area contributed by atoms with Gasteiger partial charge in [-0.15, -0.1) is 0 Å². The fourth-order valence-corrected chi connectivity index (χ4v) is 2.14. The number of methoxy groups -OCH3 is 2. The summed E-state index contributed by atoms with van der Waals surface area (Å²) >= 11 is 5.89. The lowest BCUT2D eigenvalue weighted by molar-refractivity contribution is 0.104. The van der Waals surface area contributed by atoms with Gasteiger partial charge in [-0.3, -0.25) is 4.79 Å². The first-order chi connectivity index (χ1) is 10.5. The summed E-state index contributed by atoms with van der Waals surface area (Å²) < 4.78 is 10.2. The first-order valence-electron chi connectivity index (χ1n) is 6.48. The van der Waals surface area contributed by atoms with E-state index in [0.29, 0.717) is 16.5 Å². The van der Waals surface area contributed by atoms with Gasteiger partial charge >= 0.3 is 0 Å². The van der Waals surface area contributed by atoms with Gasteiger partial charge in [-0.2, -0.15) is 0 Å². The first kappa shape index (κ1) is 15.9. The number of hydrogen-bond acceptors (Lipinski definition) is 4. The number of ketones is 1. The monoisotopic (exact) mass is 318 g/mol. The van der Waals surface area contributed by atoms with Crippen molar-refractivity contribution in [1.29, 1.82) is 0 Å². The second-order valence-corrected chi connectivity index (χ2v) is 4.91. The maximum absolute atomic E-state index is 12.2. The van der Waals surface area contributed by atoms with Crippen LogP contribution in [0.3, 0.4) is 0 Å². The highest BCUT2D eigenvalue weighted by molar-refractivity contribution is 6.30. The molecule has 0 aliphatic rings. The Hall–Kier alpha value is -2.46. The largest absolute Gasteiger partial charge is 0.507 e. The third-order valence-electron chi connectivity index (χ3n) is 3.04. The molecule has 0 spiro atoms. The number of allylic oxidation sites excluding steroid dienone is 1. The van der Waals surface area contributed by atoms with Crippen molar-refractivity contribution < 1.29 is 19.4 Å². The molecule has 1 N–H and O–H groups in total. The molecule has 0 aliphatic carbocycles. The molecule has 0 heterocycles. The third kappa shape index (κ3) is 3.59. The van der Waals surface area contributed by atoms with Crippen LogP contribution in [0.4, 0.5) is 0 Å². The zero-order chi connectivity index (χ0) is 16.1. The van der Waals surface area contributed by atoms with E-state index in [0.717, 1.165) is 5.56 Å². The van der Waals surface area contributed by atoms with Crippen LogP contribution in [-0.4, -0.2) is 25.1 Å². The van der Waals surface area contributed by atoms with Gasteiger partial charge in [0.25, 0.3) is 0 Å². The predicted molar refractivity (Wildman–Crippen MR) is 86.0 cm³/mol. The van der Waals surface area contributed by atoms with E-state index in [-0.39, 0.29) is 17.1 Å². The number of carbonyl (C=O) groups is 1. The number of phenols is 1. The van der Waals surface area contributed by atoms with Crippen molar-refractivity contribution >= 4 is 23.5 Å². The molecule has 0 bridgehead atoms. The Morgan fingerprint density at radius 2 is 1.82 bits per heavy atom. The lowest BCUT2D eigenvalue weighted by atomic mass is 10.1. The Labute approximate surface area is 133 Å². The van der Waals surface area contributed by atoms with E-state index in [9.17, 15) is 9.90 Å². The molecule has 2 rings (SSSR count). The molecule has 114 valence electrons. The number of phenolic OH excluding ortho intramolecular Hbond substituents is 1. The second kappa shape index (κ2) is 7.00. The van der Waals surface area contributed by atoms with Crippen LogP contribution in [0.25, 0.3) is 6.08 Å². The topological polar surface area (TPSA) is 55.8 Å². The number of halogens is 1. The molecule has 0 radical (unpaired) electrons. The molecular formula is C17H15ClO4. The molecule has 0 aliphatic heterocycles. The Morgan fingerprint density at radius 3 is 2.45 bits per heavy atom. The average molecular weight is 319 g/mol. The van der Waals surface area contributed by atoms with Gasteiger partial charge in [0.2, 0.25) is 0 Å². The number of ether oxygens (including phenoxy) is 2. The van der Waals surface area contributed by atoms with Crippen LogP contribution in [0.5, 0.6) is 17.2 Å².